The monoisotopic (exact) mass is 565 g/mol. The van der Waals surface area contributed by atoms with E-state index in [-0.39, 0.29) is 16.7 Å². The lowest BCUT2D eigenvalue weighted by atomic mass is 9.89. The molecule has 0 saturated heterocycles. The van der Waals surface area contributed by atoms with Gasteiger partial charge in [0.1, 0.15) is 11.0 Å². The van der Waals surface area contributed by atoms with Crippen LogP contribution in [0.5, 0.6) is 0 Å². The first kappa shape index (κ1) is 25.5. The van der Waals surface area contributed by atoms with E-state index >= 15 is 0 Å². The Balaban J connectivity index is 1.62. The molecule has 43 heavy (non-hydrogen) atoms. The van der Waals surface area contributed by atoms with E-state index in [9.17, 15) is 21.0 Å². The van der Waals surface area contributed by atoms with Crippen LogP contribution in [0.2, 0.25) is 0 Å². The molecule has 2 aromatic heterocycles. The maximum atomic E-state index is 10.1. The normalized spacial score (nSPS) is 10.7. The maximum absolute atomic E-state index is 10.1. The average Bonchev–Trinajstić information content (AvgIpc) is 3.57. The molecule has 196 valence electrons. The van der Waals surface area contributed by atoms with Gasteiger partial charge >= 0.3 is 0 Å². The lowest BCUT2D eigenvalue weighted by Crippen LogP contribution is -1.96. The lowest BCUT2D eigenvalue weighted by molar-refractivity contribution is 1.41. The fraction of sp³-hybridized carbons (Fsp3) is 0. The van der Waals surface area contributed by atoms with Crippen molar-refractivity contribution in [1.29, 1.82) is 21.0 Å². The highest BCUT2D eigenvalue weighted by molar-refractivity contribution is 7.00. The third-order valence-electron chi connectivity index (χ3n) is 7.44. The van der Waals surface area contributed by atoms with Crippen molar-refractivity contribution in [3.05, 3.63) is 113 Å². The van der Waals surface area contributed by atoms with Crippen LogP contribution in [-0.2, 0) is 0 Å². The predicted molar refractivity (Wildman–Crippen MR) is 165 cm³/mol. The molecular weight excluding hydrogens is 551 g/mol. The fourth-order valence-corrected chi connectivity index (χ4v) is 6.11. The van der Waals surface area contributed by atoms with Crippen LogP contribution in [0, 0.1) is 45.3 Å². The van der Waals surface area contributed by atoms with Crippen LogP contribution in [-0.4, -0.2) is 13.7 Å². The first-order valence-corrected chi connectivity index (χ1v) is 13.8. The summed E-state index contributed by atoms with van der Waals surface area (Å²) < 4.78 is 9.34. The number of fused-ring (bicyclic) bond motifs is 5. The molecule has 2 heterocycles. The number of aromatic nitrogens is 3. The van der Waals surface area contributed by atoms with Crippen LogP contribution in [0.15, 0.2) is 91.0 Å². The second-order valence-corrected chi connectivity index (χ2v) is 10.4. The van der Waals surface area contributed by atoms with Crippen molar-refractivity contribution < 1.29 is 0 Å². The molecule has 7 rings (SSSR count). The highest BCUT2D eigenvalue weighted by Crippen LogP contribution is 2.43. The van der Waals surface area contributed by atoms with E-state index in [2.05, 4.69) is 22.6 Å². The molecular formula is C35H15N7S. The molecule has 5 aromatic carbocycles. The Morgan fingerprint density at radius 1 is 0.558 bits per heavy atom. The van der Waals surface area contributed by atoms with Crippen molar-refractivity contribution in [3.63, 3.8) is 0 Å². The zero-order valence-corrected chi connectivity index (χ0v) is 23.0. The van der Waals surface area contributed by atoms with Gasteiger partial charge in [0.05, 0.1) is 69.5 Å². The molecule has 0 spiro atoms. The van der Waals surface area contributed by atoms with E-state index in [0.29, 0.717) is 33.4 Å². The molecule has 7 nitrogen and oxygen atoms in total. The zero-order valence-electron chi connectivity index (χ0n) is 22.2. The van der Waals surface area contributed by atoms with Gasteiger partial charge in [-0.3, -0.25) is 0 Å². The number of hydrogen-bond acceptors (Lipinski definition) is 8. The number of pyridine rings is 1. The fourth-order valence-electron chi connectivity index (χ4n) is 5.55. The molecule has 8 heteroatoms. The first-order valence-electron chi connectivity index (χ1n) is 13.1. The third kappa shape index (κ3) is 4.12. The van der Waals surface area contributed by atoms with Crippen molar-refractivity contribution >= 4 is 44.4 Å². The quantitative estimate of drug-likeness (QED) is 0.199. The van der Waals surface area contributed by atoms with E-state index in [1.54, 1.807) is 6.07 Å². The molecule has 0 radical (unpaired) electrons. The Labute approximate surface area is 249 Å². The Bertz CT molecular complexity index is 2420. The number of nitriles is 4. The molecule has 0 amide bonds. The molecule has 0 bridgehead atoms. The van der Waals surface area contributed by atoms with E-state index in [1.807, 2.05) is 78.9 Å². The second kappa shape index (κ2) is 10.2. The van der Waals surface area contributed by atoms with Gasteiger partial charge in [-0.1, -0.05) is 54.6 Å². The minimum absolute atomic E-state index is 0.212. The molecule has 0 unspecified atom stereocenters. The van der Waals surface area contributed by atoms with Gasteiger partial charge in [-0.15, -0.1) is 0 Å². The number of benzene rings is 5. The summed E-state index contributed by atoms with van der Waals surface area (Å²) in [6.45, 7) is 0. The summed E-state index contributed by atoms with van der Waals surface area (Å²) in [7, 11) is 0. The van der Waals surface area contributed by atoms with Crippen molar-refractivity contribution in [2.75, 3.05) is 0 Å². The predicted octanol–water partition coefficient (Wildman–Crippen LogP) is 7.88. The smallest absolute Gasteiger partial charge is 0.114 e. The Morgan fingerprint density at radius 3 is 1.98 bits per heavy atom. The number of nitrogens with zero attached hydrogens (tertiary/aromatic N) is 7. The SMILES string of the molecule is N#Cc1cccc(-c2ccc3c(c2)nc(-c2ccccc2)c2cc(-c4c(C#N)cc(C#N)cc4C#N)c4nsnc4c23)c1. The molecule has 0 saturated carbocycles. The van der Waals surface area contributed by atoms with Gasteiger partial charge in [0.15, 0.2) is 0 Å². The van der Waals surface area contributed by atoms with Gasteiger partial charge in [-0.05, 0) is 47.5 Å². The van der Waals surface area contributed by atoms with E-state index in [0.717, 1.165) is 50.1 Å². The van der Waals surface area contributed by atoms with E-state index in [4.69, 9.17) is 9.36 Å². The summed E-state index contributed by atoms with van der Waals surface area (Å²) in [6, 6.07) is 36.8. The molecule has 0 aliphatic rings. The topological polar surface area (TPSA) is 134 Å². The first-order chi connectivity index (χ1) is 21.1. The van der Waals surface area contributed by atoms with Crippen LogP contribution in [0.3, 0.4) is 0 Å². The lowest BCUT2D eigenvalue weighted by Gasteiger charge is -2.15. The second-order valence-electron chi connectivity index (χ2n) is 9.84. The van der Waals surface area contributed by atoms with Gasteiger partial charge < -0.3 is 0 Å². The molecule has 7 aromatic rings. The van der Waals surface area contributed by atoms with Crippen LogP contribution in [0.25, 0.3) is 66.2 Å². The molecule has 0 atom stereocenters. The molecule has 0 N–H and O–H groups in total. The van der Waals surface area contributed by atoms with Crippen molar-refractivity contribution in [2.24, 2.45) is 0 Å². The van der Waals surface area contributed by atoms with E-state index in [1.165, 1.54) is 12.1 Å². The van der Waals surface area contributed by atoms with Gasteiger partial charge in [0.25, 0.3) is 0 Å². The number of rotatable bonds is 3. The summed E-state index contributed by atoms with van der Waals surface area (Å²) >= 11 is 1.06. The van der Waals surface area contributed by atoms with Crippen LogP contribution < -0.4 is 0 Å². The Morgan fingerprint density at radius 2 is 1.26 bits per heavy atom. The largest absolute Gasteiger partial charge is 0.247 e. The summed E-state index contributed by atoms with van der Waals surface area (Å²) in [5.41, 5.74) is 7.62. The van der Waals surface area contributed by atoms with Crippen molar-refractivity contribution in [2.45, 2.75) is 0 Å². The minimum Gasteiger partial charge on any atom is -0.247 e. The summed E-state index contributed by atoms with van der Waals surface area (Å²) in [6.07, 6.45) is 0. The summed E-state index contributed by atoms with van der Waals surface area (Å²) in [4.78, 5) is 5.16. The molecule has 0 aliphatic carbocycles. The highest BCUT2D eigenvalue weighted by Gasteiger charge is 2.23. The highest BCUT2D eigenvalue weighted by atomic mass is 32.1. The van der Waals surface area contributed by atoms with Gasteiger partial charge in [0.2, 0.25) is 0 Å². The maximum Gasteiger partial charge on any atom is 0.114 e. The molecule has 0 fully saturated rings. The average molecular weight is 566 g/mol. The van der Waals surface area contributed by atoms with Crippen molar-refractivity contribution in [1.82, 2.24) is 13.7 Å². The van der Waals surface area contributed by atoms with Crippen LogP contribution >= 0.6 is 11.7 Å². The van der Waals surface area contributed by atoms with Crippen molar-refractivity contribution in [3.8, 4) is 57.8 Å². The standard InChI is InChI=1S/C35H15N7S/c36-16-20-5-4-8-23(11-20)24-9-10-27-30(14-24)40-33(22-6-2-1-3-7-22)29-15-28(34-35(32(27)29)42-43-41-34)31-25(18-38)12-21(17-37)13-26(31)19-39/h1-15H. The van der Waals surface area contributed by atoms with Crippen LogP contribution in [0.1, 0.15) is 22.3 Å². The van der Waals surface area contributed by atoms with Gasteiger partial charge in [-0.25, -0.2) is 4.98 Å². The number of hydrogen-bond donors (Lipinski definition) is 0. The zero-order chi connectivity index (χ0) is 29.5. The summed E-state index contributed by atoms with van der Waals surface area (Å²) in [5.74, 6) is 0. The summed E-state index contributed by atoms with van der Waals surface area (Å²) in [5, 5.41) is 41.5. The third-order valence-corrected chi connectivity index (χ3v) is 7.97. The van der Waals surface area contributed by atoms with Gasteiger partial charge in [0, 0.05) is 32.8 Å². The van der Waals surface area contributed by atoms with Gasteiger partial charge in [-0.2, -0.15) is 29.8 Å². The Hall–Kier alpha value is -6.45. The Kier molecular flexibility index (Phi) is 6.04. The minimum atomic E-state index is 0.212. The molecule has 0 aliphatic heterocycles. The van der Waals surface area contributed by atoms with E-state index < -0.39 is 0 Å². The van der Waals surface area contributed by atoms with Crippen LogP contribution in [0.4, 0.5) is 0 Å².